The summed E-state index contributed by atoms with van der Waals surface area (Å²) in [6, 6.07) is 6.33. The normalized spacial score (nSPS) is 10.9. The number of hydrogen-bond acceptors (Lipinski definition) is 5. The molecule has 0 radical (unpaired) electrons. The lowest BCUT2D eigenvalue weighted by molar-refractivity contribution is 0.102. The fraction of sp³-hybridized carbons (Fsp3) is 0.154. The summed E-state index contributed by atoms with van der Waals surface area (Å²) in [6.07, 6.45) is 1.37. The van der Waals surface area contributed by atoms with Crippen molar-refractivity contribution in [3.8, 4) is 0 Å². The van der Waals surface area contributed by atoms with Crippen LogP contribution in [0.3, 0.4) is 0 Å². The number of Topliss-reactive ketones (excluding diaryl/α,β-unsaturated/α-hetero) is 1. The summed E-state index contributed by atoms with van der Waals surface area (Å²) in [5, 5.41) is 4.42. The number of benzene rings is 1. The largest absolute Gasteiger partial charge is 0.294 e. The van der Waals surface area contributed by atoms with Crippen LogP contribution in [0.2, 0.25) is 0 Å². The van der Waals surface area contributed by atoms with Crippen molar-refractivity contribution >= 4 is 28.5 Å². The third-order valence-electron chi connectivity index (χ3n) is 2.39. The maximum absolute atomic E-state index is 13.3. The van der Waals surface area contributed by atoms with Crippen molar-refractivity contribution in [3.63, 3.8) is 0 Å². The number of carbonyl (C=O) groups is 1. The molecule has 1 aromatic heterocycles. The van der Waals surface area contributed by atoms with Crippen molar-refractivity contribution in [1.82, 2.24) is 4.98 Å². The Morgan fingerprint density at radius 2 is 2.21 bits per heavy atom. The van der Waals surface area contributed by atoms with Crippen LogP contribution >= 0.6 is 11.3 Å². The summed E-state index contributed by atoms with van der Waals surface area (Å²) < 4.78 is 13.3. The molecule has 0 bridgehead atoms. The van der Waals surface area contributed by atoms with Crippen molar-refractivity contribution in [2.45, 2.75) is 13.8 Å². The van der Waals surface area contributed by atoms with Crippen LogP contribution in [0.15, 0.2) is 29.4 Å². The van der Waals surface area contributed by atoms with Crippen molar-refractivity contribution < 1.29 is 9.18 Å². The summed E-state index contributed by atoms with van der Waals surface area (Å²) in [4.78, 5) is 16.0. The number of nitrogens with zero attached hydrogens (tertiary/aromatic N) is 2. The Hall–Kier alpha value is -2.08. The minimum Gasteiger partial charge on any atom is -0.294 e. The van der Waals surface area contributed by atoms with Gasteiger partial charge in [0.05, 0.1) is 16.8 Å². The SMILES string of the molecule is CC(=O)c1sc(N/N=C/c2ccccc2F)nc1C. The van der Waals surface area contributed by atoms with Crippen molar-refractivity contribution in [2.24, 2.45) is 5.10 Å². The number of halogens is 1. The number of rotatable bonds is 4. The molecule has 0 amide bonds. The Bertz CT molecular complexity index is 637. The van der Waals surface area contributed by atoms with E-state index in [9.17, 15) is 9.18 Å². The standard InChI is InChI=1S/C13H12FN3OS/c1-8-12(9(2)18)19-13(16-8)17-15-7-10-5-3-4-6-11(10)14/h3-7H,1-2H3,(H,16,17)/b15-7+. The predicted octanol–water partition coefficient (Wildman–Crippen LogP) is 3.24. The van der Waals surface area contributed by atoms with Crippen LogP contribution in [0.5, 0.6) is 0 Å². The summed E-state index contributed by atoms with van der Waals surface area (Å²) in [7, 11) is 0. The Morgan fingerprint density at radius 3 is 2.84 bits per heavy atom. The smallest absolute Gasteiger partial charge is 0.204 e. The quantitative estimate of drug-likeness (QED) is 0.530. The Morgan fingerprint density at radius 1 is 1.47 bits per heavy atom. The molecule has 4 nitrogen and oxygen atoms in total. The van der Waals surface area contributed by atoms with Crippen molar-refractivity contribution in [2.75, 3.05) is 5.43 Å². The van der Waals surface area contributed by atoms with E-state index in [1.807, 2.05) is 0 Å². The average Bonchev–Trinajstić information content (AvgIpc) is 2.73. The minimum absolute atomic E-state index is 0.0267. The maximum atomic E-state index is 13.3. The number of hydrazone groups is 1. The molecule has 0 atom stereocenters. The van der Waals surface area contributed by atoms with E-state index in [-0.39, 0.29) is 11.6 Å². The number of carbonyl (C=O) groups excluding carboxylic acids is 1. The summed E-state index contributed by atoms with van der Waals surface area (Å²) in [5.41, 5.74) is 3.75. The van der Waals surface area contributed by atoms with Gasteiger partial charge in [0.25, 0.3) is 0 Å². The lowest BCUT2D eigenvalue weighted by Gasteiger charge is -1.95. The maximum Gasteiger partial charge on any atom is 0.204 e. The van der Waals surface area contributed by atoms with E-state index in [4.69, 9.17) is 0 Å². The van der Waals surface area contributed by atoms with E-state index >= 15 is 0 Å². The molecule has 0 spiro atoms. The second-order valence-corrected chi connectivity index (χ2v) is 4.88. The Labute approximate surface area is 114 Å². The molecule has 2 rings (SSSR count). The molecular weight excluding hydrogens is 265 g/mol. The molecule has 1 aromatic carbocycles. The van der Waals surface area contributed by atoms with Crippen molar-refractivity contribution in [3.05, 3.63) is 46.2 Å². The van der Waals surface area contributed by atoms with Gasteiger partial charge < -0.3 is 0 Å². The number of ketones is 1. The monoisotopic (exact) mass is 277 g/mol. The summed E-state index contributed by atoms with van der Waals surface area (Å²) >= 11 is 1.23. The molecule has 6 heteroatoms. The third-order valence-corrected chi connectivity index (χ3v) is 3.55. The molecule has 0 aliphatic carbocycles. The first-order valence-corrected chi connectivity index (χ1v) is 6.41. The molecule has 19 heavy (non-hydrogen) atoms. The molecule has 0 saturated heterocycles. The van der Waals surface area contributed by atoms with Gasteiger partial charge in [-0.2, -0.15) is 5.10 Å². The highest BCUT2D eigenvalue weighted by atomic mass is 32.1. The first kappa shape index (κ1) is 13.4. The molecular formula is C13H12FN3OS. The number of thiazole rings is 1. The zero-order chi connectivity index (χ0) is 13.8. The Kier molecular flexibility index (Phi) is 4.01. The number of aryl methyl sites for hydroxylation is 1. The number of nitrogens with one attached hydrogen (secondary N) is 1. The van der Waals surface area contributed by atoms with E-state index in [0.29, 0.717) is 21.3 Å². The molecule has 98 valence electrons. The summed E-state index contributed by atoms with van der Waals surface area (Å²) in [6.45, 7) is 3.26. The highest BCUT2D eigenvalue weighted by Gasteiger charge is 2.10. The van der Waals surface area contributed by atoms with Gasteiger partial charge in [0.2, 0.25) is 5.13 Å². The number of aromatic nitrogens is 1. The van der Waals surface area contributed by atoms with E-state index in [2.05, 4.69) is 15.5 Å². The Balaban J connectivity index is 2.09. The van der Waals surface area contributed by atoms with E-state index in [0.717, 1.165) is 0 Å². The van der Waals surface area contributed by atoms with Crippen LogP contribution in [0.25, 0.3) is 0 Å². The van der Waals surface area contributed by atoms with Crippen LogP contribution in [0.1, 0.15) is 27.9 Å². The van der Waals surface area contributed by atoms with Gasteiger partial charge in [0, 0.05) is 12.5 Å². The fourth-order valence-electron chi connectivity index (χ4n) is 1.51. The fourth-order valence-corrected chi connectivity index (χ4v) is 2.32. The van der Waals surface area contributed by atoms with Crippen LogP contribution in [-0.2, 0) is 0 Å². The van der Waals surface area contributed by atoms with Gasteiger partial charge in [-0.1, -0.05) is 29.5 Å². The van der Waals surface area contributed by atoms with E-state index in [1.54, 1.807) is 25.1 Å². The number of anilines is 1. The van der Waals surface area contributed by atoms with Gasteiger partial charge >= 0.3 is 0 Å². The minimum atomic E-state index is -0.340. The van der Waals surface area contributed by atoms with Crippen LogP contribution in [-0.4, -0.2) is 17.0 Å². The molecule has 1 N–H and O–H groups in total. The predicted molar refractivity (Wildman–Crippen MR) is 74.5 cm³/mol. The first-order valence-electron chi connectivity index (χ1n) is 5.60. The second kappa shape index (κ2) is 5.71. The van der Waals surface area contributed by atoms with Gasteiger partial charge in [0.1, 0.15) is 5.82 Å². The van der Waals surface area contributed by atoms with E-state index in [1.165, 1.54) is 30.5 Å². The van der Waals surface area contributed by atoms with Gasteiger partial charge in [-0.3, -0.25) is 10.2 Å². The van der Waals surface area contributed by atoms with Gasteiger partial charge in [0.15, 0.2) is 5.78 Å². The molecule has 0 saturated carbocycles. The van der Waals surface area contributed by atoms with Gasteiger partial charge in [-0.05, 0) is 13.0 Å². The van der Waals surface area contributed by atoms with Crippen LogP contribution < -0.4 is 5.43 Å². The zero-order valence-corrected chi connectivity index (χ0v) is 11.3. The molecule has 1 heterocycles. The van der Waals surface area contributed by atoms with Crippen molar-refractivity contribution in [1.29, 1.82) is 0 Å². The topological polar surface area (TPSA) is 54.4 Å². The highest BCUT2D eigenvalue weighted by Crippen LogP contribution is 2.22. The summed E-state index contributed by atoms with van der Waals surface area (Å²) in [5.74, 6) is -0.367. The average molecular weight is 277 g/mol. The van der Waals surface area contributed by atoms with Gasteiger partial charge in [-0.25, -0.2) is 9.37 Å². The lowest BCUT2D eigenvalue weighted by Crippen LogP contribution is -1.92. The van der Waals surface area contributed by atoms with Crippen LogP contribution in [0, 0.1) is 12.7 Å². The van der Waals surface area contributed by atoms with Gasteiger partial charge in [-0.15, -0.1) is 0 Å². The highest BCUT2D eigenvalue weighted by molar-refractivity contribution is 7.17. The number of hydrogen-bond donors (Lipinski definition) is 1. The molecule has 0 aliphatic heterocycles. The van der Waals surface area contributed by atoms with Crippen LogP contribution in [0.4, 0.5) is 9.52 Å². The molecule has 0 aliphatic rings. The third kappa shape index (κ3) is 3.23. The zero-order valence-electron chi connectivity index (χ0n) is 10.5. The second-order valence-electron chi connectivity index (χ2n) is 3.88. The molecule has 0 fully saturated rings. The first-order chi connectivity index (χ1) is 9.08. The molecule has 2 aromatic rings. The lowest BCUT2D eigenvalue weighted by atomic mass is 10.2. The molecule has 0 unspecified atom stereocenters. The van der Waals surface area contributed by atoms with E-state index < -0.39 is 0 Å².